The van der Waals surface area contributed by atoms with Crippen LogP contribution in [-0.2, 0) is 15.6 Å². The molecule has 2 rings (SSSR count). The summed E-state index contributed by atoms with van der Waals surface area (Å²) in [5.41, 5.74) is 0.690. The first-order valence-corrected chi connectivity index (χ1v) is 10.4. The van der Waals surface area contributed by atoms with Crippen molar-refractivity contribution in [1.29, 1.82) is 0 Å². The lowest BCUT2D eigenvalue weighted by Gasteiger charge is -2.23. The number of amides is 1. The number of Topliss-reactive ketones (excluding diaryl/α,β-unsaturated/α-hetero) is 1. The Hall–Kier alpha value is -2.47. The van der Waals surface area contributed by atoms with Crippen molar-refractivity contribution in [3.8, 4) is 5.75 Å². The molecule has 0 aromatic heterocycles. The number of carbonyl (C=O) groups excluding carboxylic acids is 2. The molecule has 5 nitrogen and oxygen atoms in total. The predicted octanol–water partition coefficient (Wildman–Crippen LogP) is 3.91. The maximum atomic E-state index is 13.0. The highest BCUT2D eigenvalue weighted by atomic mass is 32.2. The van der Waals surface area contributed by atoms with Gasteiger partial charge in [-0.1, -0.05) is 57.2 Å². The number of ether oxygens (including phenoxy) is 1. The first-order chi connectivity index (χ1) is 13.1. The molecule has 2 atom stereocenters. The van der Waals surface area contributed by atoms with Gasteiger partial charge in [0.2, 0.25) is 5.91 Å². The van der Waals surface area contributed by atoms with E-state index in [1.807, 2.05) is 33.8 Å². The second kappa shape index (κ2) is 9.15. The van der Waals surface area contributed by atoms with E-state index in [-0.39, 0.29) is 23.5 Å². The molecule has 0 spiro atoms. The minimum Gasteiger partial charge on any atom is -0.497 e. The van der Waals surface area contributed by atoms with E-state index in [1.54, 1.807) is 42.5 Å². The predicted molar refractivity (Wildman–Crippen MR) is 111 cm³/mol. The van der Waals surface area contributed by atoms with Crippen LogP contribution in [0.2, 0.25) is 0 Å². The fourth-order valence-corrected chi connectivity index (χ4v) is 3.91. The van der Waals surface area contributed by atoms with Crippen LogP contribution in [0.1, 0.15) is 49.7 Å². The summed E-state index contributed by atoms with van der Waals surface area (Å²) in [5.74, 6) is 0.116. The van der Waals surface area contributed by atoms with Gasteiger partial charge in [-0.25, -0.2) is 0 Å². The van der Waals surface area contributed by atoms with E-state index >= 15 is 0 Å². The van der Waals surface area contributed by atoms with Crippen LogP contribution in [0.4, 0.5) is 0 Å². The Morgan fingerprint density at radius 3 is 2.32 bits per heavy atom. The van der Waals surface area contributed by atoms with Crippen LogP contribution in [0.25, 0.3) is 0 Å². The van der Waals surface area contributed by atoms with Gasteiger partial charge in [-0.05, 0) is 24.6 Å². The topological polar surface area (TPSA) is 72.5 Å². The molecule has 6 heteroatoms. The summed E-state index contributed by atoms with van der Waals surface area (Å²) in [7, 11) is -0.0454. The summed E-state index contributed by atoms with van der Waals surface area (Å²) in [6.45, 7) is 7.34. The molecule has 0 aliphatic rings. The number of ketones is 1. The lowest BCUT2D eigenvalue weighted by Crippen LogP contribution is -2.36. The third kappa shape index (κ3) is 5.52. The molecule has 0 aliphatic carbocycles. The second-order valence-electron chi connectivity index (χ2n) is 7.63. The average molecular weight is 402 g/mol. The zero-order valence-electron chi connectivity index (χ0n) is 16.9. The molecule has 28 heavy (non-hydrogen) atoms. The van der Waals surface area contributed by atoms with Gasteiger partial charge in [0, 0.05) is 15.9 Å². The van der Waals surface area contributed by atoms with Gasteiger partial charge in [0.15, 0.2) is 5.78 Å². The Bertz CT molecular complexity index is 872. The molecule has 2 aromatic rings. The molecule has 0 aliphatic heterocycles. The van der Waals surface area contributed by atoms with E-state index in [9.17, 15) is 13.8 Å². The van der Waals surface area contributed by atoms with Gasteiger partial charge in [-0.3, -0.25) is 13.8 Å². The maximum absolute atomic E-state index is 13.0. The molecular weight excluding hydrogens is 374 g/mol. The second-order valence-corrected chi connectivity index (χ2v) is 9.05. The van der Waals surface area contributed by atoms with Gasteiger partial charge in [0.25, 0.3) is 0 Å². The molecule has 2 aromatic carbocycles. The Labute approximate surface area is 168 Å². The SMILES string of the molecule is COc1ccc([C@@H](C)NC(=O)C(C)(C)C)c(S(=O)CC(=O)c2ccccc2)c1. The van der Waals surface area contributed by atoms with E-state index < -0.39 is 16.2 Å². The van der Waals surface area contributed by atoms with E-state index in [0.29, 0.717) is 21.8 Å². The number of carbonyl (C=O) groups is 2. The highest BCUT2D eigenvalue weighted by Crippen LogP contribution is 2.27. The fourth-order valence-electron chi connectivity index (χ4n) is 2.59. The molecule has 0 bridgehead atoms. The zero-order valence-corrected chi connectivity index (χ0v) is 17.8. The van der Waals surface area contributed by atoms with E-state index in [4.69, 9.17) is 4.74 Å². The van der Waals surface area contributed by atoms with Crippen LogP contribution < -0.4 is 10.1 Å². The summed E-state index contributed by atoms with van der Waals surface area (Å²) >= 11 is 0. The number of nitrogens with one attached hydrogen (secondary N) is 1. The van der Waals surface area contributed by atoms with Gasteiger partial charge >= 0.3 is 0 Å². The molecule has 0 fully saturated rings. The van der Waals surface area contributed by atoms with Crippen molar-refractivity contribution >= 4 is 22.5 Å². The molecule has 1 amide bonds. The van der Waals surface area contributed by atoms with Crippen LogP contribution in [-0.4, -0.2) is 28.8 Å². The Balaban J connectivity index is 2.30. The maximum Gasteiger partial charge on any atom is 0.225 e. The van der Waals surface area contributed by atoms with E-state index in [2.05, 4.69) is 5.32 Å². The van der Waals surface area contributed by atoms with Crippen LogP contribution >= 0.6 is 0 Å². The van der Waals surface area contributed by atoms with Crippen molar-refractivity contribution in [2.45, 2.75) is 38.6 Å². The summed E-state index contributed by atoms with van der Waals surface area (Å²) in [6.07, 6.45) is 0. The highest BCUT2D eigenvalue weighted by Gasteiger charge is 2.25. The highest BCUT2D eigenvalue weighted by molar-refractivity contribution is 7.85. The standard InChI is InChI=1S/C22H27NO4S/c1-15(23-21(25)22(2,3)4)18-12-11-17(27-5)13-20(18)28(26)14-19(24)16-9-7-6-8-10-16/h6-13,15H,14H2,1-5H3,(H,23,25)/t15-,28?/m1/s1. The number of hydrogen-bond donors (Lipinski definition) is 1. The van der Waals surface area contributed by atoms with Crippen LogP contribution in [0.5, 0.6) is 5.75 Å². The lowest BCUT2D eigenvalue weighted by molar-refractivity contribution is -0.129. The van der Waals surface area contributed by atoms with Gasteiger partial charge in [0.05, 0.1) is 29.7 Å². The number of rotatable bonds is 7. The molecule has 0 radical (unpaired) electrons. The summed E-state index contributed by atoms with van der Waals surface area (Å²) in [4.78, 5) is 25.3. The minimum absolute atomic E-state index is 0.104. The third-order valence-electron chi connectivity index (χ3n) is 4.32. The van der Waals surface area contributed by atoms with Crippen LogP contribution in [0.15, 0.2) is 53.4 Å². The third-order valence-corrected chi connectivity index (χ3v) is 5.69. The zero-order chi connectivity index (χ0) is 20.9. The summed E-state index contributed by atoms with van der Waals surface area (Å²) in [6, 6.07) is 13.6. The number of hydrogen-bond acceptors (Lipinski definition) is 4. The normalized spacial score (nSPS) is 13.5. The van der Waals surface area contributed by atoms with Crippen molar-refractivity contribution in [2.75, 3.05) is 12.9 Å². The Morgan fingerprint density at radius 1 is 1.11 bits per heavy atom. The first kappa shape index (κ1) is 21.8. The van der Waals surface area contributed by atoms with E-state index in [1.165, 1.54) is 7.11 Å². The molecule has 150 valence electrons. The minimum atomic E-state index is -1.57. The summed E-state index contributed by atoms with van der Waals surface area (Å²) < 4.78 is 18.3. The van der Waals surface area contributed by atoms with Crippen molar-refractivity contribution in [3.63, 3.8) is 0 Å². The molecule has 0 heterocycles. The van der Waals surface area contributed by atoms with Gasteiger partial charge in [-0.15, -0.1) is 0 Å². The molecular formula is C22H27NO4S. The largest absolute Gasteiger partial charge is 0.497 e. The van der Waals surface area contributed by atoms with Crippen molar-refractivity contribution in [2.24, 2.45) is 5.41 Å². The number of benzene rings is 2. The fraction of sp³-hybridized carbons (Fsp3) is 0.364. The molecule has 0 saturated heterocycles. The van der Waals surface area contributed by atoms with E-state index in [0.717, 1.165) is 0 Å². The monoisotopic (exact) mass is 401 g/mol. The molecule has 1 N–H and O–H groups in total. The van der Waals surface area contributed by atoms with Crippen LogP contribution in [0, 0.1) is 5.41 Å². The van der Waals surface area contributed by atoms with Gasteiger partial charge in [-0.2, -0.15) is 0 Å². The van der Waals surface area contributed by atoms with Gasteiger partial charge < -0.3 is 10.1 Å². The van der Waals surface area contributed by atoms with Crippen molar-refractivity contribution < 1.29 is 18.5 Å². The van der Waals surface area contributed by atoms with Crippen molar-refractivity contribution in [3.05, 3.63) is 59.7 Å². The van der Waals surface area contributed by atoms with Gasteiger partial charge in [0.1, 0.15) is 5.75 Å². The van der Waals surface area contributed by atoms with Crippen LogP contribution in [0.3, 0.4) is 0 Å². The lowest BCUT2D eigenvalue weighted by atomic mass is 9.94. The Morgan fingerprint density at radius 2 is 1.75 bits per heavy atom. The quantitative estimate of drug-likeness (QED) is 0.714. The Kier molecular flexibility index (Phi) is 7.13. The number of methoxy groups -OCH3 is 1. The summed E-state index contributed by atoms with van der Waals surface area (Å²) in [5, 5.41) is 2.95. The smallest absolute Gasteiger partial charge is 0.225 e. The average Bonchev–Trinajstić information content (AvgIpc) is 2.67. The molecule has 1 unspecified atom stereocenters. The van der Waals surface area contributed by atoms with Crippen molar-refractivity contribution in [1.82, 2.24) is 5.32 Å². The first-order valence-electron chi connectivity index (χ1n) is 9.09. The molecule has 0 saturated carbocycles.